The molecule has 2 amide bonds. The first-order valence-corrected chi connectivity index (χ1v) is 6.82. The second kappa shape index (κ2) is 6.03. The maximum atomic E-state index is 12.8. The monoisotopic (exact) mass is 278 g/mol. The van der Waals surface area contributed by atoms with Gasteiger partial charge in [-0.05, 0) is 30.7 Å². The molecule has 4 nitrogen and oxygen atoms in total. The summed E-state index contributed by atoms with van der Waals surface area (Å²) in [6.45, 7) is 4.80. The summed E-state index contributed by atoms with van der Waals surface area (Å²) in [4.78, 5) is 25.5. The minimum Gasteiger partial charge on any atom is -0.351 e. The number of halogens is 1. The Morgan fingerprint density at radius 1 is 1.30 bits per heavy atom. The summed E-state index contributed by atoms with van der Waals surface area (Å²) in [5.74, 6) is -0.528. The van der Waals surface area contributed by atoms with Crippen molar-refractivity contribution in [2.24, 2.45) is 5.92 Å². The molecule has 0 bridgehead atoms. The molecule has 1 saturated heterocycles. The summed E-state index contributed by atoms with van der Waals surface area (Å²) in [5, 5.41) is 2.93. The van der Waals surface area contributed by atoms with Crippen molar-refractivity contribution in [3.63, 3.8) is 0 Å². The van der Waals surface area contributed by atoms with Crippen LogP contribution in [0.15, 0.2) is 24.3 Å². The molecule has 0 radical (unpaired) electrons. The van der Waals surface area contributed by atoms with Crippen molar-refractivity contribution in [2.75, 3.05) is 13.1 Å². The van der Waals surface area contributed by atoms with Gasteiger partial charge in [-0.25, -0.2) is 4.39 Å². The summed E-state index contributed by atoms with van der Waals surface area (Å²) in [7, 11) is 0. The van der Waals surface area contributed by atoms with Crippen LogP contribution in [0.5, 0.6) is 0 Å². The lowest BCUT2D eigenvalue weighted by molar-refractivity contribution is -0.124. The van der Waals surface area contributed by atoms with Gasteiger partial charge in [0.25, 0.3) is 5.91 Å². The van der Waals surface area contributed by atoms with Gasteiger partial charge in [-0.2, -0.15) is 0 Å². The molecule has 1 aliphatic heterocycles. The van der Waals surface area contributed by atoms with Gasteiger partial charge in [0, 0.05) is 30.6 Å². The Bertz CT molecular complexity index is 499. The number of hydrogen-bond acceptors (Lipinski definition) is 2. The van der Waals surface area contributed by atoms with Gasteiger partial charge in [-0.1, -0.05) is 13.8 Å². The van der Waals surface area contributed by atoms with E-state index in [1.807, 2.05) is 13.8 Å². The lowest BCUT2D eigenvalue weighted by Gasteiger charge is -2.18. The van der Waals surface area contributed by atoms with E-state index in [1.165, 1.54) is 24.3 Å². The molecule has 0 spiro atoms. The Kier molecular flexibility index (Phi) is 4.37. The molecule has 1 aromatic carbocycles. The SMILES string of the molecule is CC(C)C(=O)N[C@@H]1CCN(C(=O)c2ccc(F)cc2)C1. The van der Waals surface area contributed by atoms with Crippen molar-refractivity contribution in [1.29, 1.82) is 0 Å². The van der Waals surface area contributed by atoms with Crippen LogP contribution in [-0.2, 0) is 4.79 Å². The summed E-state index contributed by atoms with van der Waals surface area (Å²) < 4.78 is 12.8. The number of rotatable bonds is 3. The fourth-order valence-electron chi connectivity index (χ4n) is 2.21. The van der Waals surface area contributed by atoms with Crippen LogP contribution in [0, 0.1) is 11.7 Å². The molecular formula is C15H19FN2O2. The van der Waals surface area contributed by atoms with E-state index in [-0.39, 0.29) is 29.6 Å². The first kappa shape index (κ1) is 14.5. The van der Waals surface area contributed by atoms with Crippen LogP contribution < -0.4 is 5.32 Å². The molecule has 108 valence electrons. The molecule has 0 aromatic heterocycles. The van der Waals surface area contributed by atoms with E-state index in [2.05, 4.69) is 5.32 Å². The smallest absolute Gasteiger partial charge is 0.253 e. The molecule has 1 aromatic rings. The van der Waals surface area contributed by atoms with E-state index in [9.17, 15) is 14.0 Å². The quantitative estimate of drug-likeness (QED) is 0.916. The van der Waals surface area contributed by atoms with Gasteiger partial charge in [0.1, 0.15) is 5.82 Å². The summed E-state index contributed by atoms with van der Waals surface area (Å²) in [6, 6.07) is 5.53. The lowest BCUT2D eigenvalue weighted by atomic mass is 10.2. The van der Waals surface area contributed by atoms with E-state index in [0.29, 0.717) is 18.7 Å². The number of carbonyl (C=O) groups is 2. The standard InChI is InChI=1S/C15H19FN2O2/c1-10(2)14(19)17-13-7-8-18(9-13)15(20)11-3-5-12(16)6-4-11/h3-6,10,13H,7-9H2,1-2H3,(H,17,19)/t13-/m1/s1. The van der Waals surface area contributed by atoms with Crippen molar-refractivity contribution in [3.05, 3.63) is 35.6 Å². The molecule has 5 heteroatoms. The number of nitrogens with zero attached hydrogens (tertiary/aromatic N) is 1. The van der Waals surface area contributed by atoms with E-state index in [0.717, 1.165) is 6.42 Å². The van der Waals surface area contributed by atoms with Crippen LogP contribution in [0.1, 0.15) is 30.6 Å². The third kappa shape index (κ3) is 3.35. The van der Waals surface area contributed by atoms with Gasteiger partial charge < -0.3 is 10.2 Å². The minimum atomic E-state index is -0.356. The Balaban J connectivity index is 1.94. The zero-order chi connectivity index (χ0) is 14.7. The second-order valence-electron chi connectivity index (χ2n) is 5.41. The maximum absolute atomic E-state index is 12.8. The summed E-state index contributed by atoms with van der Waals surface area (Å²) in [5.41, 5.74) is 0.474. The largest absolute Gasteiger partial charge is 0.351 e. The average molecular weight is 278 g/mol. The normalized spacial score (nSPS) is 18.4. The van der Waals surface area contributed by atoms with Crippen LogP contribution in [0.25, 0.3) is 0 Å². The number of carbonyl (C=O) groups excluding carboxylic acids is 2. The fraction of sp³-hybridized carbons (Fsp3) is 0.467. The Morgan fingerprint density at radius 3 is 2.55 bits per heavy atom. The second-order valence-corrected chi connectivity index (χ2v) is 5.41. The molecular weight excluding hydrogens is 259 g/mol. The van der Waals surface area contributed by atoms with E-state index < -0.39 is 0 Å². The van der Waals surface area contributed by atoms with Gasteiger partial charge in [-0.3, -0.25) is 9.59 Å². The van der Waals surface area contributed by atoms with Gasteiger partial charge in [0.2, 0.25) is 5.91 Å². The van der Waals surface area contributed by atoms with Crippen LogP contribution >= 0.6 is 0 Å². The number of nitrogens with one attached hydrogen (secondary N) is 1. The van der Waals surface area contributed by atoms with Crippen LogP contribution in [0.4, 0.5) is 4.39 Å². The van der Waals surface area contributed by atoms with E-state index >= 15 is 0 Å². The van der Waals surface area contributed by atoms with Gasteiger partial charge in [0.05, 0.1) is 0 Å². The number of amides is 2. The summed E-state index contributed by atoms with van der Waals surface area (Å²) >= 11 is 0. The van der Waals surface area contributed by atoms with Crippen molar-refractivity contribution < 1.29 is 14.0 Å². The number of likely N-dealkylation sites (tertiary alicyclic amines) is 1. The minimum absolute atomic E-state index is 0.00563. The van der Waals surface area contributed by atoms with Crippen molar-refractivity contribution in [1.82, 2.24) is 10.2 Å². The number of benzene rings is 1. The Labute approximate surface area is 118 Å². The molecule has 20 heavy (non-hydrogen) atoms. The van der Waals surface area contributed by atoms with E-state index in [1.54, 1.807) is 4.90 Å². The van der Waals surface area contributed by atoms with Crippen LogP contribution in [0.2, 0.25) is 0 Å². The van der Waals surface area contributed by atoms with Crippen LogP contribution in [0.3, 0.4) is 0 Å². The average Bonchev–Trinajstić information content (AvgIpc) is 2.87. The highest BCUT2D eigenvalue weighted by atomic mass is 19.1. The maximum Gasteiger partial charge on any atom is 0.253 e. The zero-order valence-electron chi connectivity index (χ0n) is 11.7. The highest BCUT2D eigenvalue weighted by Gasteiger charge is 2.28. The molecule has 0 aliphatic carbocycles. The summed E-state index contributed by atoms with van der Waals surface area (Å²) in [6.07, 6.45) is 0.755. The molecule has 1 fully saturated rings. The highest BCUT2D eigenvalue weighted by molar-refractivity contribution is 5.94. The first-order chi connectivity index (χ1) is 9.47. The van der Waals surface area contributed by atoms with E-state index in [4.69, 9.17) is 0 Å². The molecule has 2 rings (SSSR count). The van der Waals surface area contributed by atoms with Crippen molar-refractivity contribution in [2.45, 2.75) is 26.3 Å². The van der Waals surface area contributed by atoms with Gasteiger partial charge in [-0.15, -0.1) is 0 Å². The molecule has 0 unspecified atom stereocenters. The highest BCUT2D eigenvalue weighted by Crippen LogP contribution is 2.14. The van der Waals surface area contributed by atoms with Gasteiger partial charge >= 0.3 is 0 Å². The van der Waals surface area contributed by atoms with Gasteiger partial charge in [0.15, 0.2) is 0 Å². The molecule has 1 heterocycles. The molecule has 1 atom stereocenters. The third-order valence-electron chi connectivity index (χ3n) is 3.44. The molecule has 0 saturated carbocycles. The first-order valence-electron chi connectivity index (χ1n) is 6.82. The fourth-order valence-corrected chi connectivity index (χ4v) is 2.21. The third-order valence-corrected chi connectivity index (χ3v) is 3.44. The molecule has 1 aliphatic rings. The predicted molar refractivity (Wildman–Crippen MR) is 73.7 cm³/mol. The van der Waals surface area contributed by atoms with Crippen molar-refractivity contribution >= 4 is 11.8 Å². The number of hydrogen-bond donors (Lipinski definition) is 1. The zero-order valence-corrected chi connectivity index (χ0v) is 11.7. The topological polar surface area (TPSA) is 49.4 Å². The Hall–Kier alpha value is -1.91. The van der Waals surface area contributed by atoms with Crippen LogP contribution in [-0.4, -0.2) is 35.8 Å². The predicted octanol–water partition coefficient (Wildman–Crippen LogP) is 1.81. The lowest BCUT2D eigenvalue weighted by Crippen LogP contribution is -2.40. The molecule has 1 N–H and O–H groups in total. The Morgan fingerprint density at radius 2 is 1.95 bits per heavy atom. The van der Waals surface area contributed by atoms with Crippen molar-refractivity contribution in [3.8, 4) is 0 Å².